The molecule has 174 valence electrons. The van der Waals surface area contributed by atoms with Crippen LogP contribution in [0.15, 0.2) is 36.4 Å². The van der Waals surface area contributed by atoms with Crippen LogP contribution in [0.1, 0.15) is 77.5 Å². The summed E-state index contributed by atoms with van der Waals surface area (Å²) in [7, 11) is 3.24. The van der Waals surface area contributed by atoms with Gasteiger partial charge in [0.1, 0.15) is 0 Å². The van der Waals surface area contributed by atoms with Crippen molar-refractivity contribution in [3.8, 4) is 11.5 Å². The van der Waals surface area contributed by atoms with E-state index in [1.807, 2.05) is 41.3 Å². The summed E-state index contributed by atoms with van der Waals surface area (Å²) < 4.78 is 11.1. The third-order valence-corrected chi connectivity index (χ3v) is 7.51. The standard InChI is InChI=1S/C27H32N2O4/c1-32-22-15-17-13-14-29-25(21(17)16-23(22)33-2)24(19-11-7-8-12-20(19)27(29)31)26(30)28-18-9-5-3-4-6-10-18/h7-8,11-12,15-16,18,24-25H,3-6,9-10,13-14H2,1-2H3,(H,28,30)/t24-,25-/m1/s1. The number of ether oxygens (including phenoxy) is 2. The molecule has 1 fully saturated rings. The molecule has 0 aromatic heterocycles. The highest BCUT2D eigenvalue weighted by Gasteiger charge is 2.46. The summed E-state index contributed by atoms with van der Waals surface area (Å²) in [5.41, 5.74) is 3.53. The molecule has 1 N–H and O–H groups in total. The van der Waals surface area contributed by atoms with Crippen LogP contribution in [0.25, 0.3) is 0 Å². The highest BCUT2D eigenvalue weighted by atomic mass is 16.5. The fourth-order valence-electron chi connectivity index (χ4n) is 5.85. The molecule has 2 amide bonds. The molecular formula is C27H32N2O4. The molecule has 5 rings (SSSR count). The number of fused-ring (bicyclic) bond motifs is 4. The Labute approximate surface area is 195 Å². The topological polar surface area (TPSA) is 67.9 Å². The number of methoxy groups -OCH3 is 2. The second-order valence-electron chi connectivity index (χ2n) is 9.36. The van der Waals surface area contributed by atoms with Crippen molar-refractivity contribution in [1.29, 1.82) is 0 Å². The van der Waals surface area contributed by atoms with Gasteiger partial charge in [-0.25, -0.2) is 0 Å². The first-order chi connectivity index (χ1) is 16.1. The van der Waals surface area contributed by atoms with Crippen LogP contribution in [0.4, 0.5) is 0 Å². The quantitative estimate of drug-likeness (QED) is 0.705. The van der Waals surface area contributed by atoms with Crippen LogP contribution in [0.3, 0.4) is 0 Å². The number of amides is 2. The summed E-state index contributed by atoms with van der Waals surface area (Å²) in [6.45, 7) is 0.577. The lowest BCUT2D eigenvalue weighted by Gasteiger charge is -2.45. The Balaban J connectivity index is 1.59. The van der Waals surface area contributed by atoms with Crippen LogP contribution in [0.2, 0.25) is 0 Å². The van der Waals surface area contributed by atoms with E-state index in [9.17, 15) is 9.59 Å². The Kier molecular flexibility index (Phi) is 6.00. The molecule has 0 spiro atoms. The van der Waals surface area contributed by atoms with Crippen LogP contribution in [-0.2, 0) is 11.2 Å². The molecule has 2 aromatic rings. The molecule has 3 aliphatic rings. The van der Waals surface area contributed by atoms with Gasteiger partial charge in [0.25, 0.3) is 5.91 Å². The number of carbonyl (C=O) groups excluding carboxylic acids is 2. The van der Waals surface area contributed by atoms with E-state index in [-0.39, 0.29) is 23.9 Å². The predicted molar refractivity (Wildman–Crippen MR) is 126 cm³/mol. The van der Waals surface area contributed by atoms with Gasteiger partial charge in [-0.15, -0.1) is 0 Å². The molecule has 6 heteroatoms. The largest absolute Gasteiger partial charge is 0.493 e. The molecule has 6 nitrogen and oxygen atoms in total. The second kappa shape index (κ2) is 9.08. The molecule has 2 aliphatic heterocycles. The summed E-state index contributed by atoms with van der Waals surface area (Å²) in [4.78, 5) is 29.2. The van der Waals surface area contributed by atoms with E-state index in [0.29, 0.717) is 23.6 Å². The van der Waals surface area contributed by atoms with E-state index in [2.05, 4.69) is 5.32 Å². The van der Waals surface area contributed by atoms with Crippen molar-refractivity contribution < 1.29 is 19.1 Å². The zero-order chi connectivity index (χ0) is 22.9. The van der Waals surface area contributed by atoms with Crippen molar-refractivity contribution >= 4 is 11.8 Å². The lowest BCUT2D eigenvalue weighted by molar-refractivity contribution is -0.125. The minimum Gasteiger partial charge on any atom is -0.493 e. The molecule has 2 atom stereocenters. The van der Waals surface area contributed by atoms with Gasteiger partial charge in [-0.1, -0.05) is 43.9 Å². The van der Waals surface area contributed by atoms with Gasteiger partial charge in [0, 0.05) is 18.2 Å². The number of nitrogens with zero attached hydrogens (tertiary/aromatic N) is 1. The molecule has 33 heavy (non-hydrogen) atoms. The van der Waals surface area contributed by atoms with Crippen molar-refractivity contribution in [1.82, 2.24) is 10.2 Å². The SMILES string of the molecule is COc1cc2c(cc1OC)[C@@H]1[C@H](C(=O)NC3CCCCCC3)c3ccccc3C(=O)N1CC2. The lowest BCUT2D eigenvalue weighted by Crippen LogP contribution is -2.51. The van der Waals surface area contributed by atoms with Crippen LogP contribution in [0, 0.1) is 0 Å². The van der Waals surface area contributed by atoms with E-state index in [4.69, 9.17) is 9.47 Å². The number of benzene rings is 2. The number of hydrogen-bond acceptors (Lipinski definition) is 4. The van der Waals surface area contributed by atoms with Crippen LogP contribution in [0.5, 0.6) is 11.5 Å². The van der Waals surface area contributed by atoms with Crippen molar-refractivity contribution in [2.24, 2.45) is 0 Å². The van der Waals surface area contributed by atoms with Crippen molar-refractivity contribution in [2.45, 2.75) is 62.9 Å². The Bertz CT molecular complexity index is 1060. The number of rotatable bonds is 4. The second-order valence-corrected chi connectivity index (χ2v) is 9.36. The summed E-state index contributed by atoms with van der Waals surface area (Å²) in [5, 5.41) is 3.37. The van der Waals surface area contributed by atoms with E-state index in [1.54, 1.807) is 14.2 Å². The minimum atomic E-state index is -0.459. The fourth-order valence-corrected chi connectivity index (χ4v) is 5.85. The molecule has 0 unspecified atom stereocenters. The zero-order valence-electron chi connectivity index (χ0n) is 19.4. The summed E-state index contributed by atoms with van der Waals surface area (Å²) in [6, 6.07) is 11.4. The smallest absolute Gasteiger partial charge is 0.254 e. The average Bonchev–Trinajstić information content (AvgIpc) is 3.11. The van der Waals surface area contributed by atoms with Gasteiger partial charge < -0.3 is 19.7 Å². The number of hydrogen-bond donors (Lipinski definition) is 1. The Morgan fingerprint density at radius 3 is 2.39 bits per heavy atom. The van der Waals surface area contributed by atoms with Gasteiger partial charge >= 0.3 is 0 Å². The molecule has 1 aliphatic carbocycles. The minimum absolute atomic E-state index is 0.00505. The molecule has 0 saturated heterocycles. The molecule has 0 bridgehead atoms. The zero-order valence-corrected chi connectivity index (χ0v) is 19.4. The maximum atomic E-state index is 13.9. The number of carbonyl (C=O) groups is 2. The summed E-state index contributed by atoms with van der Waals surface area (Å²) in [6.07, 6.45) is 7.54. The van der Waals surface area contributed by atoms with Crippen LogP contribution < -0.4 is 14.8 Å². The van der Waals surface area contributed by atoms with E-state index >= 15 is 0 Å². The fraction of sp³-hybridized carbons (Fsp3) is 0.481. The normalized spacial score (nSPS) is 22.5. The highest BCUT2D eigenvalue weighted by molar-refractivity contribution is 6.01. The predicted octanol–water partition coefficient (Wildman–Crippen LogP) is 4.38. The molecule has 2 aromatic carbocycles. The van der Waals surface area contributed by atoms with Crippen molar-refractivity contribution in [2.75, 3.05) is 20.8 Å². The summed E-state index contributed by atoms with van der Waals surface area (Å²) >= 11 is 0. The van der Waals surface area contributed by atoms with Crippen molar-refractivity contribution in [3.63, 3.8) is 0 Å². The van der Waals surface area contributed by atoms with E-state index < -0.39 is 5.92 Å². The van der Waals surface area contributed by atoms with Gasteiger partial charge in [-0.2, -0.15) is 0 Å². The van der Waals surface area contributed by atoms with Crippen LogP contribution >= 0.6 is 0 Å². The first-order valence-electron chi connectivity index (χ1n) is 12.1. The van der Waals surface area contributed by atoms with E-state index in [0.717, 1.165) is 48.8 Å². The first kappa shape index (κ1) is 21.8. The van der Waals surface area contributed by atoms with Gasteiger partial charge in [0.15, 0.2) is 11.5 Å². The molecular weight excluding hydrogens is 416 g/mol. The summed E-state index contributed by atoms with van der Waals surface area (Å²) in [5.74, 6) is 0.840. The van der Waals surface area contributed by atoms with Gasteiger partial charge in [0.2, 0.25) is 5.91 Å². The lowest BCUT2D eigenvalue weighted by atomic mass is 9.75. The van der Waals surface area contributed by atoms with Gasteiger partial charge in [-0.05, 0) is 54.2 Å². The van der Waals surface area contributed by atoms with E-state index in [1.165, 1.54) is 12.8 Å². The average molecular weight is 449 g/mol. The third-order valence-electron chi connectivity index (χ3n) is 7.51. The van der Waals surface area contributed by atoms with Crippen molar-refractivity contribution in [3.05, 3.63) is 58.7 Å². The molecule has 1 saturated carbocycles. The van der Waals surface area contributed by atoms with Crippen LogP contribution in [-0.4, -0.2) is 43.5 Å². The Hall–Kier alpha value is -3.02. The number of nitrogens with one attached hydrogen (secondary N) is 1. The van der Waals surface area contributed by atoms with Gasteiger partial charge in [0.05, 0.1) is 26.2 Å². The monoisotopic (exact) mass is 448 g/mol. The Morgan fingerprint density at radius 1 is 0.970 bits per heavy atom. The third kappa shape index (κ3) is 3.85. The molecule has 0 radical (unpaired) electrons. The van der Waals surface area contributed by atoms with Gasteiger partial charge in [-0.3, -0.25) is 9.59 Å². The highest BCUT2D eigenvalue weighted by Crippen LogP contribution is 2.48. The maximum Gasteiger partial charge on any atom is 0.254 e. The Morgan fingerprint density at radius 2 is 1.67 bits per heavy atom. The molecule has 2 heterocycles. The first-order valence-corrected chi connectivity index (χ1v) is 12.1. The maximum absolute atomic E-state index is 13.9.